The first-order valence-corrected chi connectivity index (χ1v) is 10.7. The Balaban J connectivity index is 1.45. The van der Waals surface area contributed by atoms with E-state index in [0.29, 0.717) is 28.8 Å². The molecule has 0 unspecified atom stereocenters. The number of rotatable bonds is 6. The van der Waals surface area contributed by atoms with E-state index in [9.17, 15) is 18.0 Å². The predicted molar refractivity (Wildman–Crippen MR) is 130 cm³/mol. The summed E-state index contributed by atoms with van der Waals surface area (Å²) in [6.45, 7) is 3.79. The third kappa shape index (κ3) is 6.14. The third-order valence-corrected chi connectivity index (χ3v) is 5.05. The number of carbonyl (C=O) groups excluding carboxylic acids is 1. The van der Waals surface area contributed by atoms with Gasteiger partial charge in [0, 0.05) is 23.1 Å². The number of nitrogens with zero attached hydrogens (tertiary/aromatic N) is 2. The van der Waals surface area contributed by atoms with Gasteiger partial charge in [-0.25, -0.2) is 9.97 Å². The number of benzene rings is 3. The molecule has 6 nitrogen and oxygen atoms in total. The minimum atomic E-state index is -4.62. The van der Waals surface area contributed by atoms with Gasteiger partial charge in [-0.15, -0.1) is 0 Å². The van der Waals surface area contributed by atoms with E-state index in [4.69, 9.17) is 0 Å². The SMILES string of the molecule is Cc1ccc(Nc2cc(Nc3ccc(NC(=O)c4ccccc4C(F)(F)F)cc3)nc(C)n2)cc1. The van der Waals surface area contributed by atoms with E-state index < -0.39 is 23.2 Å². The summed E-state index contributed by atoms with van der Waals surface area (Å²) in [6, 6.07) is 20.9. The van der Waals surface area contributed by atoms with Gasteiger partial charge in [0.15, 0.2) is 0 Å². The summed E-state index contributed by atoms with van der Waals surface area (Å²) >= 11 is 0. The first kappa shape index (κ1) is 23.7. The number of aromatic nitrogens is 2. The smallest absolute Gasteiger partial charge is 0.340 e. The fourth-order valence-electron chi connectivity index (χ4n) is 3.39. The summed E-state index contributed by atoms with van der Waals surface area (Å²) in [6.07, 6.45) is -4.62. The van der Waals surface area contributed by atoms with Gasteiger partial charge in [0.2, 0.25) is 0 Å². The van der Waals surface area contributed by atoms with Crippen LogP contribution in [0, 0.1) is 13.8 Å². The molecular weight excluding hydrogens is 455 g/mol. The maximum absolute atomic E-state index is 13.2. The number of nitrogens with one attached hydrogen (secondary N) is 3. The van der Waals surface area contributed by atoms with Crippen molar-refractivity contribution in [3.05, 3.63) is 101 Å². The van der Waals surface area contributed by atoms with Gasteiger partial charge < -0.3 is 16.0 Å². The average molecular weight is 477 g/mol. The Hall–Kier alpha value is -4.40. The van der Waals surface area contributed by atoms with Gasteiger partial charge in [0.05, 0.1) is 11.1 Å². The molecule has 1 aromatic heterocycles. The van der Waals surface area contributed by atoms with Gasteiger partial charge in [-0.1, -0.05) is 29.8 Å². The molecule has 4 rings (SSSR count). The van der Waals surface area contributed by atoms with E-state index >= 15 is 0 Å². The zero-order chi connectivity index (χ0) is 25.0. The lowest BCUT2D eigenvalue weighted by molar-refractivity contribution is -0.137. The topological polar surface area (TPSA) is 78.9 Å². The van der Waals surface area contributed by atoms with Crippen molar-refractivity contribution >= 4 is 34.6 Å². The van der Waals surface area contributed by atoms with Gasteiger partial charge >= 0.3 is 6.18 Å². The van der Waals surface area contributed by atoms with Crippen molar-refractivity contribution in [2.75, 3.05) is 16.0 Å². The zero-order valence-electron chi connectivity index (χ0n) is 18.9. The Morgan fingerprint density at radius 2 is 1.26 bits per heavy atom. The highest BCUT2D eigenvalue weighted by molar-refractivity contribution is 6.05. The van der Waals surface area contributed by atoms with Crippen LogP contribution in [-0.2, 0) is 6.18 Å². The fourth-order valence-corrected chi connectivity index (χ4v) is 3.39. The third-order valence-electron chi connectivity index (χ3n) is 5.05. The molecule has 0 fully saturated rings. The zero-order valence-corrected chi connectivity index (χ0v) is 18.9. The van der Waals surface area contributed by atoms with Crippen molar-refractivity contribution < 1.29 is 18.0 Å². The number of carbonyl (C=O) groups is 1. The molecule has 0 aliphatic heterocycles. The lowest BCUT2D eigenvalue weighted by Crippen LogP contribution is -2.18. The molecule has 0 bridgehead atoms. The summed E-state index contributed by atoms with van der Waals surface area (Å²) in [7, 11) is 0. The molecule has 0 spiro atoms. The first-order chi connectivity index (χ1) is 16.7. The number of hydrogen-bond donors (Lipinski definition) is 3. The van der Waals surface area contributed by atoms with Crippen LogP contribution in [0.15, 0.2) is 78.9 Å². The van der Waals surface area contributed by atoms with E-state index in [1.54, 1.807) is 37.3 Å². The standard InChI is InChI=1S/C26H22F3N5O/c1-16-7-9-18(10-8-16)32-23-15-24(31-17(2)30-23)33-19-11-13-20(14-12-19)34-25(35)21-5-3-4-6-22(21)26(27,28)29/h3-15H,1-2H3,(H,34,35)(H2,30,31,32,33). The molecule has 0 saturated carbocycles. The second kappa shape index (κ2) is 9.84. The van der Waals surface area contributed by atoms with Crippen LogP contribution in [0.5, 0.6) is 0 Å². The monoisotopic (exact) mass is 477 g/mol. The molecule has 0 radical (unpaired) electrons. The molecular formula is C26H22F3N5O. The van der Waals surface area contributed by atoms with Crippen molar-refractivity contribution in [1.82, 2.24) is 9.97 Å². The minimum Gasteiger partial charge on any atom is -0.340 e. The molecule has 178 valence electrons. The molecule has 0 saturated heterocycles. The van der Waals surface area contributed by atoms with Crippen LogP contribution < -0.4 is 16.0 Å². The van der Waals surface area contributed by atoms with Crippen LogP contribution in [0.3, 0.4) is 0 Å². The Labute approximate surface area is 200 Å². The van der Waals surface area contributed by atoms with E-state index in [-0.39, 0.29) is 0 Å². The molecule has 1 heterocycles. The minimum absolute atomic E-state index is 0.359. The van der Waals surface area contributed by atoms with E-state index in [2.05, 4.69) is 25.9 Å². The molecule has 3 N–H and O–H groups in total. The Morgan fingerprint density at radius 1 is 0.743 bits per heavy atom. The molecule has 1 amide bonds. The second-order valence-corrected chi connectivity index (χ2v) is 7.88. The first-order valence-electron chi connectivity index (χ1n) is 10.7. The van der Waals surface area contributed by atoms with Gasteiger partial charge in [-0.05, 0) is 62.4 Å². The van der Waals surface area contributed by atoms with Crippen molar-refractivity contribution in [3.8, 4) is 0 Å². The quantitative estimate of drug-likeness (QED) is 0.283. The number of anilines is 5. The second-order valence-electron chi connectivity index (χ2n) is 7.88. The largest absolute Gasteiger partial charge is 0.417 e. The van der Waals surface area contributed by atoms with Gasteiger partial charge in [0.25, 0.3) is 5.91 Å². The Bertz CT molecular complexity index is 1340. The van der Waals surface area contributed by atoms with E-state index in [0.717, 1.165) is 23.4 Å². The molecule has 9 heteroatoms. The van der Waals surface area contributed by atoms with Crippen LogP contribution in [-0.4, -0.2) is 15.9 Å². The van der Waals surface area contributed by atoms with Crippen LogP contribution in [0.2, 0.25) is 0 Å². The van der Waals surface area contributed by atoms with Gasteiger partial charge in [-0.3, -0.25) is 4.79 Å². The van der Waals surface area contributed by atoms with Crippen molar-refractivity contribution in [3.63, 3.8) is 0 Å². The number of amides is 1. The summed E-state index contributed by atoms with van der Waals surface area (Å²) in [5, 5.41) is 8.92. The predicted octanol–water partition coefficient (Wildman–Crippen LogP) is 6.85. The van der Waals surface area contributed by atoms with Crippen LogP contribution in [0.4, 0.5) is 41.9 Å². The van der Waals surface area contributed by atoms with Crippen molar-refractivity contribution in [2.24, 2.45) is 0 Å². The lowest BCUT2D eigenvalue weighted by atomic mass is 10.1. The molecule has 35 heavy (non-hydrogen) atoms. The normalized spacial score (nSPS) is 11.1. The molecule has 4 aromatic rings. The van der Waals surface area contributed by atoms with Crippen molar-refractivity contribution in [1.29, 1.82) is 0 Å². The number of aryl methyl sites for hydroxylation is 2. The van der Waals surface area contributed by atoms with Crippen LogP contribution >= 0.6 is 0 Å². The molecule has 3 aromatic carbocycles. The molecule has 0 atom stereocenters. The van der Waals surface area contributed by atoms with E-state index in [1.807, 2.05) is 31.2 Å². The Kier molecular flexibility index (Phi) is 6.68. The highest BCUT2D eigenvalue weighted by Crippen LogP contribution is 2.32. The Morgan fingerprint density at radius 3 is 1.83 bits per heavy atom. The summed E-state index contributed by atoms with van der Waals surface area (Å²) in [4.78, 5) is 21.2. The average Bonchev–Trinajstić information content (AvgIpc) is 2.81. The van der Waals surface area contributed by atoms with Gasteiger partial charge in [-0.2, -0.15) is 13.2 Å². The summed E-state index contributed by atoms with van der Waals surface area (Å²) in [5.41, 5.74) is 1.67. The highest BCUT2D eigenvalue weighted by atomic mass is 19.4. The number of halogens is 3. The highest BCUT2D eigenvalue weighted by Gasteiger charge is 2.34. The number of alkyl halides is 3. The maximum atomic E-state index is 13.2. The number of hydrogen-bond acceptors (Lipinski definition) is 5. The molecule has 0 aliphatic rings. The van der Waals surface area contributed by atoms with Gasteiger partial charge in [0.1, 0.15) is 17.5 Å². The summed E-state index contributed by atoms with van der Waals surface area (Å²) < 4.78 is 39.6. The van der Waals surface area contributed by atoms with Crippen LogP contribution in [0.1, 0.15) is 27.3 Å². The van der Waals surface area contributed by atoms with Crippen LogP contribution in [0.25, 0.3) is 0 Å². The lowest BCUT2D eigenvalue weighted by Gasteiger charge is -2.13. The summed E-state index contributed by atoms with van der Waals surface area (Å²) in [5.74, 6) is 0.910. The van der Waals surface area contributed by atoms with E-state index in [1.165, 1.54) is 12.1 Å². The maximum Gasteiger partial charge on any atom is 0.417 e. The van der Waals surface area contributed by atoms with Crippen molar-refractivity contribution in [2.45, 2.75) is 20.0 Å². The fraction of sp³-hybridized carbons (Fsp3) is 0.115. The molecule has 0 aliphatic carbocycles.